The van der Waals surface area contributed by atoms with Gasteiger partial charge in [-0.2, -0.15) is 5.26 Å². The van der Waals surface area contributed by atoms with Crippen molar-refractivity contribution < 1.29 is 14.0 Å². The highest BCUT2D eigenvalue weighted by molar-refractivity contribution is 8.01. The van der Waals surface area contributed by atoms with E-state index in [1.807, 2.05) is 31.2 Å². The monoisotopic (exact) mass is 457 g/mol. The van der Waals surface area contributed by atoms with Gasteiger partial charge >= 0.3 is 0 Å². The second-order valence-electron chi connectivity index (χ2n) is 8.18. The average Bonchev–Trinajstić information content (AvgIpc) is 3.36. The fraction of sp³-hybridized carbons (Fsp3) is 0.192. The predicted molar refractivity (Wildman–Crippen MR) is 125 cm³/mol. The number of benzene rings is 3. The summed E-state index contributed by atoms with van der Waals surface area (Å²) in [5.41, 5.74) is 4.27. The van der Waals surface area contributed by atoms with E-state index in [1.165, 1.54) is 36.0 Å². The Morgan fingerprint density at radius 3 is 2.70 bits per heavy atom. The van der Waals surface area contributed by atoms with Crippen LogP contribution in [0.25, 0.3) is 0 Å². The number of nitriles is 1. The molecule has 0 saturated carbocycles. The SMILES string of the molecule is Cc1ccc2c(c1)[C@]1(SCCN1C(=O)c1ccc(F)cc1)C(=O)N2Cc1cccc(C#N)c1. The van der Waals surface area contributed by atoms with E-state index in [4.69, 9.17) is 0 Å². The van der Waals surface area contributed by atoms with Gasteiger partial charge in [0.25, 0.3) is 11.8 Å². The Balaban J connectivity index is 1.59. The molecule has 1 spiro atoms. The van der Waals surface area contributed by atoms with Crippen molar-refractivity contribution in [1.29, 1.82) is 5.26 Å². The molecule has 3 aromatic rings. The zero-order valence-corrected chi connectivity index (χ0v) is 18.7. The fourth-order valence-electron chi connectivity index (χ4n) is 4.56. The van der Waals surface area contributed by atoms with E-state index in [1.54, 1.807) is 28.0 Å². The first-order chi connectivity index (χ1) is 15.9. The lowest BCUT2D eigenvalue weighted by Crippen LogP contribution is -2.50. The largest absolute Gasteiger partial charge is 0.311 e. The van der Waals surface area contributed by atoms with Crippen LogP contribution in [0.4, 0.5) is 10.1 Å². The van der Waals surface area contributed by atoms with Crippen LogP contribution >= 0.6 is 11.8 Å². The van der Waals surface area contributed by atoms with Gasteiger partial charge in [0.1, 0.15) is 5.82 Å². The number of halogens is 1. The number of hydrogen-bond acceptors (Lipinski definition) is 4. The highest BCUT2D eigenvalue weighted by Gasteiger charge is 2.59. The number of carbonyl (C=O) groups excluding carboxylic acids is 2. The molecule has 0 N–H and O–H groups in total. The number of nitrogens with zero attached hydrogens (tertiary/aromatic N) is 3. The molecule has 164 valence electrons. The van der Waals surface area contributed by atoms with Crippen molar-refractivity contribution in [3.63, 3.8) is 0 Å². The minimum Gasteiger partial charge on any atom is -0.311 e. The van der Waals surface area contributed by atoms with Gasteiger partial charge in [0.2, 0.25) is 0 Å². The third kappa shape index (κ3) is 3.38. The number of carbonyl (C=O) groups is 2. The van der Waals surface area contributed by atoms with Gasteiger partial charge in [-0.25, -0.2) is 4.39 Å². The summed E-state index contributed by atoms with van der Waals surface area (Å²) >= 11 is 1.46. The number of hydrogen-bond donors (Lipinski definition) is 0. The normalized spacial score (nSPS) is 19.1. The van der Waals surface area contributed by atoms with Gasteiger partial charge in [0.05, 0.1) is 23.9 Å². The first-order valence-electron chi connectivity index (χ1n) is 10.6. The summed E-state index contributed by atoms with van der Waals surface area (Å²) < 4.78 is 13.4. The van der Waals surface area contributed by atoms with Crippen LogP contribution in [0.5, 0.6) is 0 Å². The Morgan fingerprint density at radius 1 is 1.15 bits per heavy atom. The van der Waals surface area contributed by atoms with E-state index in [9.17, 15) is 19.2 Å². The second-order valence-corrected chi connectivity index (χ2v) is 9.47. The van der Waals surface area contributed by atoms with Crippen LogP contribution in [0.1, 0.15) is 32.6 Å². The van der Waals surface area contributed by atoms with E-state index >= 15 is 0 Å². The maximum absolute atomic E-state index is 14.0. The van der Waals surface area contributed by atoms with Crippen molar-refractivity contribution in [3.8, 4) is 6.07 Å². The van der Waals surface area contributed by atoms with Crippen LogP contribution in [0.3, 0.4) is 0 Å². The van der Waals surface area contributed by atoms with Crippen molar-refractivity contribution in [1.82, 2.24) is 4.90 Å². The van der Waals surface area contributed by atoms with Gasteiger partial charge in [-0.15, -0.1) is 11.8 Å². The summed E-state index contributed by atoms with van der Waals surface area (Å²) in [5.74, 6) is -0.276. The molecule has 33 heavy (non-hydrogen) atoms. The zero-order valence-electron chi connectivity index (χ0n) is 17.9. The molecule has 5 nitrogen and oxygen atoms in total. The van der Waals surface area contributed by atoms with E-state index in [0.29, 0.717) is 30.0 Å². The quantitative estimate of drug-likeness (QED) is 0.577. The third-order valence-corrected chi connectivity index (χ3v) is 7.50. The molecule has 0 aliphatic carbocycles. The lowest BCUT2D eigenvalue weighted by Gasteiger charge is -2.33. The van der Waals surface area contributed by atoms with Crippen molar-refractivity contribution in [3.05, 3.63) is 100 Å². The van der Waals surface area contributed by atoms with Crippen LogP contribution in [0.2, 0.25) is 0 Å². The van der Waals surface area contributed by atoms with Crippen molar-refractivity contribution in [2.75, 3.05) is 17.2 Å². The third-order valence-electron chi connectivity index (χ3n) is 6.08. The molecule has 0 aromatic heterocycles. The molecular weight excluding hydrogens is 437 g/mol. The topological polar surface area (TPSA) is 64.4 Å². The van der Waals surface area contributed by atoms with Crippen molar-refractivity contribution in [2.45, 2.75) is 18.3 Å². The standard InChI is InChI=1S/C26H20FN3O2S/c1-17-5-10-23-22(13-17)26(25(32)29(23)16-19-4-2-3-18(14-19)15-28)30(11-12-33-26)24(31)20-6-8-21(27)9-7-20/h2-10,13-14H,11-12,16H2,1H3/t26-/m0/s1. The Bertz CT molecular complexity index is 1320. The molecule has 1 fully saturated rings. The number of fused-ring (bicyclic) bond motifs is 2. The minimum atomic E-state index is -1.17. The number of amides is 2. The summed E-state index contributed by atoms with van der Waals surface area (Å²) in [6.07, 6.45) is 0. The number of rotatable bonds is 3. The molecule has 0 radical (unpaired) electrons. The fourth-order valence-corrected chi connectivity index (χ4v) is 6.01. The van der Waals surface area contributed by atoms with Crippen LogP contribution < -0.4 is 4.90 Å². The average molecular weight is 458 g/mol. The van der Waals surface area contributed by atoms with Crippen LogP contribution in [-0.2, 0) is 16.2 Å². The Labute approximate surface area is 195 Å². The predicted octanol–water partition coefficient (Wildman–Crippen LogP) is 4.59. The highest BCUT2D eigenvalue weighted by atomic mass is 32.2. The molecule has 2 heterocycles. The van der Waals surface area contributed by atoms with E-state index < -0.39 is 10.7 Å². The van der Waals surface area contributed by atoms with E-state index in [-0.39, 0.29) is 11.8 Å². The first kappa shape index (κ1) is 21.2. The van der Waals surface area contributed by atoms with Crippen molar-refractivity contribution in [2.24, 2.45) is 0 Å². The lowest BCUT2D eigenvalue weighted by atomic mass is 10.0. The maximum Gasteiger partial charge on any atom is 0.268 e. The highest BCUT2D eigenvalue weighted by Crippen LogP contribution is 2.55. The smallest absolute Gasteiger partial charge is 0.268 e. The van der Waals surface area contributed by atoms with Crippen molar-refractivity contribution >= 4 is 29.3 Å². The zero-order chi connectivity index (χ0) is 23.2. The molecule has 2 aliphatic rings. The summed E-state index contributed by atoms with van der Waals surface area (Å²) in [5, 5.41) is 9.25. The summed E-state index contributed by atoms with van der Waals surface area (Å²) in [7, 11) is 0. The molecule has 3 aromatic carbocycles. The molecule has 0 bridgehead atoms. The molecule has 1 saturated heterocycles. The number of anilines is 1. The van der Waals surface area contributed by atoms with Crippen LogP contribution in [0.15, 0.2) is 66.7 Å². The van der Waals surface area contributed by atoms with Gasteiger partial charge in [-0.1, -0.05) is 29.8 Å². The second kappa shape index (κ2) is 8.05. The minimum absolute atomic E-state index is 0.177. The Hall–Kier alpha value is -3.63. The molecule has 1 atom stereocenters. The van der Waals surface area contributed by atoms with Crippen LogP contribution in [0, 0.1) is 24.1 Å². The maximum atomic E-state index is 14.0. The molecule has 7 heteroatoms. The number of thioether (sulfide) groups is 1. The van der Waals surface area contributed by atoms with Gasteiger partial charge < -0.3 is 9.80 Å². The lowest BCUT2D eigenvalue weighted by molar-refractivity contribution is -0.123. The Kier molecular flexibility index (Phi) is 5.18. The summed E-state index contributed by atoms with van der Waals surface area (Å²) in [4.78, 5) is 29.7. The van der Waals surface area contributed by atoms with Gasteiger partial charge in [0, 0.05) is 23.4 Å². The Morgan fingerprint density at radius 2 is 1.94 bits per heavy atom. The molecule has 2 aliphatic heterocycles. The van der Waals surface area contributed by atoms with Gasteiger partial charge in [-0.3, -0.25) is 9.59 Å². The van der Waals surface area contributed by atoms with E-state index in [2.05, 4.69) is 6.07 Å². The molecule has 0 unspecified atom stereocenters. The first-order valence-corrected chi connectivity index (χ1v) is 11.6. The number of aryl methyl sites for hydroxylation is 1. The molecular formula is C26H20FN3O2S. The molecule has 2 amide bonds. The molecule has 5 rings (SSSR count). The van der Waals surface area contributed by atoms with Crippen LogP contribution in [-0.4, -0.2) is 29.0 Å². The van der Waals surface area contributed by atoms with E-state index in [0.717, 1.165) is 22.4 Å². The summed E-state index contributed by atoms with van der Waals surface area (Å²) in [6.45, 7) is 2.67. The summed E-state index contributed by atoms with van der Waals surface area (Å²) in [6, 6.07) is 20.6. The van der Waals surface area contributed by atoms with Gasteiger partial charge in [0.15, 0.2) is 4.87 Å². The van der Waals surface area contributed by atoms with Gasteiger partial charge in [-0.05, 0) is 55.0 Å².